The van der Waals surface area contributed by atoms with Crippen LogP contribution in [-0.4, -0.2) is 18.2 Å². The predicted octanol–water partition coefficient (Wildman–Crippen LogP) is 2.33. The summed E-state index contributed by atoms with van der Waals surface area (Å²) in [6, 6.07) is 4.45. The van der Waals surface area contributed by atoms with Gasteiger partial charge in [0.2, 0.25) is 0 Å². The summed E-state index contributed by atoms with van der Waals surface area (Å²) in [5.41, 5.74) is 1.47. The molecule has 0 fully saturated rings. The van der Waals surface area contributed by atoms with Gasteiger partial charge in [0, 0.05) is 24.3 Å². The molecule has 0 heterocycles. The summed E-state index contributed by atoms with van der Waals surface area (Å²) in [5, 5.41) is 9.14. The van der Waals surface area contributed by atoms with Crippen LogP contribution in [-0.2, 0) is 6.61 Å². The molecule has 0 aliphatic heterocycles. The van der Waals surface area contributed by atoms with E-state index in [0.29, 0.717) is 12.1 Å². The van der Waals surface area contributed by atoms with Crippen molar-refractivity contribution >= 4 is 5.69 Å². The van der Waals surface area contributed by atoms with Gasteiger partial charge >= 0.3 is 0 Å². The third-order valence-corrected chi connectivity index (χ3v) is 2.28. The molecule has 0 aliphatic rings. The normalized spacial score (nSPS) is 10.1. The third kappa shape index (κ3) is 2.80. The molecule has 1 rings (SSSR count). The molecular weight excluding hydrogens is 193 g/mol. The number of nitrogens with zero attached hydrogens (tertiary/aromatic N) is 1. The van der Waals surface area contributed by atoms with E-state index >= 15 is 0 Å². The molecule has 0 saturated heterocycles. The van der Waals surface area contributed by atoms with Gasteiger partial charge in [0.1, 0.15) is 5.82 Å². The fourth-order valence-electron chi connectivity index (χ4n) is 1.54. The number of aliphatic hydroxyl groups is 1. The van der Waals surface area contributed by atoms with Crippen molar-refractivity contribution in [2.24, 2.45) is 0 Å². The topological polar surface area (TPSA) is 23.5 Å². The van der Waals surface area contributed by atoms with Crippen molar-refractivity contribution in [2.45, 2.75) is 13.5 Å². The van der Waals surface area contributed by atoms with Gasteiger partial charge in [-0.3, -0.25) is 0 Å². The van der Waals surface area contributed by atoms with Crippen LogP contribution in [0.25, 0.3) is 0 Å². The van der Waals surface area contributed by atoms with E-state index in [9.17, 15) is 4.39 Å². The fraction of sp³-hybridized carbons (Fsp3) is 0.333. The summed E-state index contributed by atoms with van der Waals surface area (Å²) in [7, 11) is 0. The molecule has 1 N–H and O–H groups in total. The lowest BCUT2D eigenvalue weighted by Crippen LogP contribution is -2.23. The molecule has 2 nitrogen and oxygen atoms in total. The minimum Gasteiger partial charge on any atom is -0.392 e. The van der Waals surface area contributed by atoms with Gasteiger partial charge in [0.15, 0.2) is 0 Å². The van der Waals surface area contributed by atoms with Crippen molar-refractivity contribution in [3.05, 3.63) is 42.2 Å². The van der Waals surface area contributed by atoms with Gasteiger partial charge in [0.25, 0.3) is 0 Å². The SMILES string of the molecule is C=CCN(CC)c1ccc(F)cc1CO. The highest BCUT2D eigenvalue weighted by Gasteiger charge is 2.08. The summed E-state index contributed by atoms with van der Waals surface area (Å²) in [4.78, 5) is 2.03. The summed E-state index contributed by atoms with van der Waals surface area (Å²) >= 11 is 0. The van der Waals surface area contributed by atoms with Crippen LogP contribution < -0.4 is 4.90 Å². The van der Waals surface area contributed by atoms with Gasteiger partial charge in [-0.15, -0.1) is 6.58 Å². The Bertz CT molecular complexity index is 338. The predicted molar refractivity (Wildman–Crippen MR) is 60.4 cm³/mol. The maximum Gasteiger partial charge on any atom is 0.123 e. The first kappa shape index (κ1) is 11.7. The minimum atomic E-state index is -0.322. The average Bonchev–Trinajstić information content (AvgIpc) is 2.26. The Balaban J connectivity index is 3.04. The average molecular weight is 209 g/mol. The van der Waals surface area contributed by atoms with E-state index in [1.165, 1.54) is 12.1 Å². The Kier molecular flexibility index (Phi) is 4.31. The first-order chi connectivity index (χ1) is 7.22. The molecule has 1 aromatic carbocycles. The van der Waals surface area contributed by atoms with Crippen molar-refractivity contribution in [3.63, 3.8) is 0 Å². The van der Waals surface area contributed by atoms with Crippen LogP contribution in [0.3, 0.4) is 0 Å². The van der Waals surface area contributed by atoms with Crippen LogP contribution in [0.15, 0.2) is 30.9 Å². The molecule has 0 radical (unpaired) electrons. The number of aliphatic hydroxyl groups excluding tert-OH is 1. The number of hydrogen-bond donors (Lipinski definition) is 1. The molecule has 0 aliphatic carbocycles. The molecule has 0 bridgehead atoms. The number of benzene rings is 1. The van der Waals surface area contributed by atoms with Gasteiger partial charge < -0.3 is 10.0 Å². The van der Waals surface area contributed by atoms with Crippen molar-refractivity contribution < 1.29 is 9.50 Å². The number of rotatable bonds is 5. The number of hydrogen-bond acceptors (Lipinski definition) is 2. The zero-order valence-corrected chi connectivity index (χ0v) is 8.91. The van der Waals surface area contributed by atoms with Crippen LogP contribution in [0.1, 0.15) is 12.5 Å². The third-order valence-electron chi connectivity index (χ3n) is 2.28. The van der Waals surface area contributed by atoms with Crippen LogP contribution in [0.2, 0.25) is 0 Å². The van der Waals surface area contributed by atoms with E-state index in [1.54, 1.807) is 12.1 Å². The van der Waals surface area contributed by atoms with E-state index < -0.39 is 0 Å². The standard InChI is InChI=1S/C12H16FNO/c1-3-7-14(4-2)12-6-5-11(13)8-10(12)9-15/h3,5-6,8,15H,1,4,7,9H2,2H3. The van der Waals surface area contributed by atoms with E-state index in [-0.39, 0.29) is 12.4 Å². The fourth-order valence-corrected chi connectivity index (χ4v) is 1.54. The highest BCUT2D eigenvalue weighted by Crippen LogP contribution is 2.21. The van der Waals surface area contributed by atoms with Crippen LogP contribution in [0, 0.1) is 5.82 Å². The highest BCUT2D eigenvalue weighted by molar-refractivity contribution is 5.54. The number of likely N-dealkylation sites (N-methyl/N-ethyl adjacent to an activating group) is 1. The Labute approximate surface area is 89.7 Å². The van der Waals surface area contributed by atoms with Crippen molar-refractivity contribution in [1.29, 1.82) is 0 Å². The van der Waals surface area contributed by atoms with Gasteiger partial charge in [-0.1, -0.05) is 6.08 Å². The first-order valence-electron chi connectivity index (χ1n) is 4.98. The molecule has 0 spiro atoms. The molecular formula is C12H16FNO. The molecule has 82 valence electrons. The van der Waals surface area contributed by atoms with E-state index in [4.69, 9.17) is 5.11 Å². The van der Waals surface area contributed by atoms with Gasteiger partial charge in [-0.2, -0.15) is 0 Å². The summed E-state index contributed by atoms with van der Waals surface area (Å²) in [6.45, 7) is 7.01. The molecule has 0 unspecified atom stereocenters. The molecule has 3 heteroatoms. The Hall–Kier alpha value is -1.35. The second-order valence-electron chi connectivity index (χ2n) is 3.26. The van der Waals surface area contributed by atoms with Gasteiger partial charge in [-0.05, 0) is 25.1 Å². The lowest BCUT2D eigenvalue weighted by molar-refractivity contribution is 0.281. The van der Waals surface area contributed by atoms with E-state index in [1.807, 2.05) is 11.8 Å². The lowest BCUT2D eigenvalue weighted by Gasteiger charge is -2.23. The maximum absolute atomic E-state index is 12.9. The summed E-state index contributed by atoms with van der Waals surface area (Å²) in [6.07, 6.45) is 1.79. The molecule has 15 heavy (non-hydrogen) atoms. The maximum atomic E-state index is 12.9. The van der Waals surface area contributed by atoms with Crippen molar-refractivity contribution in [1.82, 2.24) is 0 Å². The number of halogens is 1. The second-order valence-corrected chi connectivity index (χ2v) is 3.26. The van der Waals surface area contributed by atoms with Crippen LogP contribution in [0.4, 0.5) is 10.1 Å². The molecule has 0 saturated carbocycles. The smallest absolute Gasteiger partial charge is 0.123 e. The molecule has 0 amide bonds. The molecule has 0 aromatic heterocycles. The lowest BCUT2D eigenvalue weighted by atomic mass is 10.1. The monoisotopic (exact) mass is 209 g/mol. The zero-order chi connectivity index (χ0) is 11.3. The summed E-state index contributed by atoms with van der Waals surface area (Å²) < 4.78 is 12.9. The van der Waals surface area contributed by atoms with E-state index in [2.05, 4.69) is 6.58 Å². The second kappa shape index (κ2) is 5.51. The Morgan fingerprint density at radius 2 is 2.27 bits per heavy atom. The Morgan fingerprint density at radius 3 is 2.80 bits per heavy atom. The van der Waals surface area contributed by atoms with Crippen LogP contribution in [0.5, 0.6) is 0 Å². The quantitative estimate of drug-likeness (QED) is 0.752. The molecule has 1 aromatic rings. The van der Waals surface area contributed by atoms with Crippen LogP contribution >= 0.6 is 0 Å². The summed E-state index contributed by atoms with van der Waals surface area (Å²) in [5.74, 6) is -0.322. The molecule has 0 atom stereocenters. The minimum absolute atomic E-state index is 0.152. The van der Waals surface area contributed by atoms with Gasteiger partial charge in [0.05, 0.1) is 6.61 Å². The van der Waals surface area contributed by atoms with E-state index in [0.717, 1.165) is 12.2 Å². The van der Waals surface area contributed by atoms with Gasteiger partial charge in [-0.25, -0.2) is 4.39 Å². The highest BCUT2D eigenvalue weighted by atomic mass is 19.1. The Morgan fingerprint density at radius 1 is 1.53 bits per heavy atom. The zero-order valence-electron chi connectivity index (χ0n) is 8.91. The van der Waals surface area contributed by atoms with Crippen molar-refractivity contribution in [2.75, 3.05) is 18.0 Å². The first-order valence-corrected chi connectivity index (χ1v) is 4.98. The number of anilines is 1. The van der Waals surface area contributed by atoms with Crippen molar-refractivity contribution in [3.8, 4) is 0 Å². The largest absolute Gasteiger partial charge is 0.392 e.